The maximum atomic E-state index is 4.49. The molecule has 0 spiro atoms. The lowest BCUT2D eigenvalue weighted by atomic mass is 10.1. The summed E-state index contributed by atoms with van der Waals surface area (Å²) >= 11 is 1.79. The van der Waals surface area contributed by atoms with E-state index in [2.05, 4.69) is 29.4 Å². The van der Waals surface area contributed by atoms with Crippen molar-refractivity contribution in [3.63, 3.8) is 0 Å². The Labute approximate surface area is 70.8 Å². The van der Waals surface area contributed by atoms with Gasteiger partial charge in [0, 0.05) is 11.4 Å². The molecule has 2 rings (SSSR count). The molecule has 0 amide bonds. The summed E-state index contributed by atoms with van der Waals surface area (Å²) in [5.41, 5.74) is 1.31. The summed E-state index contributed by atoms with van der Waals surface area (Å²) < 4.78 is 0. The molecule has 0 aromatic carbocycles. The van der Waals surface area contributed by atoms with Crippen molar-refractivity contribution in [2.24, 2.45) is 10.9 Å². The van der Waals surface area contributed by atoms with Gasteiger partial charge in [-0.2, -0.15) is 0 Å². The molecule has 1 aromatic heterocycles. The molecule has 0 radical (unpaired) electrons. The molecular formula is C9H11NS. The second-order valence-corrected chi connectivity index (χ2v) is 4.02. The van der Waals surface area contributed by atoms with Crippen molar-refractivity contribution in [2.75, 3.05) is 6.54 Å². The van der Waals surface area contributed by atoms with Gasteiger partial charge >= 0.3 is 0 Å². The Hall–Kier alpha value is -0.630. The van der Waals surface area contributed by atoms with E-state index in [0.717, 1.165) is 12.5 Å². The van der Waals surface area contributed by atoms with E-state index in [1.165, 1.54) is 17.0 Å². The molecule has 1 nitrogen and oxygen atoms in total. The average Bonchev–Trinajstić information content (AvgIpc) is 2.55. The van der Waals surface area contributed by atoms with Crippen LogP contribution in [0.25, 0.3) is 0 Å². The molecule has 1 unspecified atom stereocenters. The molecule has 0 bridgehead atoms. The number of hydrogen-bond donors (Lipinski definition) is 0. The molecular weight excluding hydrogens is 154 g/mol. The van der Waals surface area contributed by atoms with Gasteiger partial charge in [-0.15, -0.1) is 11.3 Å². The van der Waals surface area contributed by atoms with Crippen LogP contribution in [-0.2, 0) is 0 Å². The minimum Gasteiger partial charge on any atom is -0.288 e. The summed E-state index contributed by atoms with van der Waals surface area (Å²) in [4.78, 5) is 5.84. The zero-order chi connectivity index (χ0) is 7.68. The number of nitrogens with zero attached hydrogens (tertiary/aromatic N) is 1. The second-order valence-electron chi connectivity index (χ2n) is 3.07. The SMILES string of the molecule is CC1CN=C(c2cccs2)C1. The highest BCUT2D eigenvalue weighted by molar-refractivity contribution is 7.12. The lowest BCUT2D eigenvalue weighted by Crippen LogP contribution is -1.96. The predicted molar refractivity (Wildman–Crippen MR) is 49.5 cm³/mol. The van der Waals surface area contributed by atoms with E-state index < -0.39 is 0 Å². The summed E-state index contributed by atoms with van der Waals surface area (Å²) in [5, 5.41) is 2.11. The molecule has 1 aliphatic rings. The van der Waals surface area contributed by atoms with Crippen LogP contribution < -0.4 is 0 Å². The zero-order valence-corrected chi connectivity index (χ0v) is 7.40. The first-order valence-corrected chi connectivity index (χ1v) is 4.81. The first kappa shape index (κ1) is 7.04. The highest BCUT2D eigenvalue weighted by Gasteiger charge is 2.15. The van der Waals surface area contributed by atoms with E-state index in [0.29, 0.717) is 0 Å². The second kappa shape index (κ2) is 2.78. The molecule has 1 aromatic rings. The van der Waals surface area contributed by atoms with Gasteiger partial charge in [0.05, 0.1) is 5.71 Å². The third-order valence-corrected chi connectivity index (χ3v) is 2.86. The molecule has 0 N–H and O–H groups in total. The van der Waals surface area contributed by atoms with E-state index in [9.17, 15) is 0 Å². The molecule has 1 atom stereocenters. The highest BCUT2D eigenvalue weighted by atomic mass is 32.1. The third kappa shape index (κ3) is 1.36. The molecule has 2 heteroatoms. The number of hydrogen-bond acceptors (Lipinski definition) is 2. The standard InChI is InChI=1S/C9H11NS/c1-7-5-8(10-6-7)9-3-2-4-11-9/h2-4,7H,5-6H2,1H3. The average molecular weight is 165 g/mol. The molecule has 1 aliphatic heterocycles. The summed E-state index contributed by atoms with van der Waals surface area (Å²) in [5.74, 6) is 0.757. The Bertz CT molecular complexity index is 261. The van der Waals surface area contributed by atoms with Crippen LogP contribution in [0.15, 0.2) is 22.5 Å². The Kier molecular flexibility index (Phi) is 1.78. The minimum atomic E-state index is 0.757. The van der Waals surface area contributed by atoms with Crippen molar-refractivity contribution in [2.45, 2.75) is 13.3 Å². The lowest BCUT2D eigenvalue weighted by Gasteiger charge is -1.96. The molecule has 11 heavy (non-hydrogen) atoms. The maximum absolute atomic E-state index is 4.49. The van der Waals surface area contributed by atoms with Crippen LogP contribution in [0.3, 0.4) is 0 Å². The largest absolute Gasteiger partial charge is 0.288 e. The van der Waals surface area contributed by atoms with Crippen molar-refractivity contribution in [3.8, 4) is 0 Å². The van der Waals surface area contributed by atoms with Gasteiger partial charge in [0.2, 0.25) is 0 Å². The number of aliphatic imine (C=N–C) groups is 1. The highest BCUT2D eigenvalue weighted by Crippen LogP contribution is 2.20. The zero-order valence-electron chi connectivity index (χ0n) is 6.58. The molecule has 0 aliphatic carbocycles. The number of thiophene rings is 1. The molecule has 0 saturated carbocycles. The van der Waals surface area contributed by atoms with E-state index in [1.54, 1.807) is 11.3 Å². The van der Waals surface area contributed by atoms with Crippen molar-refractivity contribution >= 4 is 17.0 Å². The number of rotatable bonds is 1. The summed E-state index contributed by atoms with van der Waals surface area (Å²) in [6.45, 7) is 3.28. The third-order valence-electron chi connectivity index (χ3n) is 1.94. The van der Waals surface area contributed by atoms with Gasteiger partial charge in [-0.1, -0.05) is 13.0 Å². The Morgan fingerprint density at radius 3 is 3.09 bits per heavy atom. The van der Waals surface area contributed by atoms with Gasteiger partial charge in [0.25, 0.3) is 0 Å². The van der Waals surface area contributed by atoms with Crippen LogP contribution in [0.1, 0.15) is 18.2 Å². The fourth-order valence-electron chi connectivity index (χ4n) is 1.35. The quantitative estimate of drug-likeness (QED) is 0.606. The molecule has 0 fully saturated rings. The monoisotopic (exact) mass is 165 g/mol. The Morgan fingerprint density at radius 2 is 2.55 bits per heavy atom. The van der Waals surface area contributed by atoms with E-state index >= 15 is 0 Å². The fraction of sp³-hybridized carbons (Fsp3) is 0.444. The van der Waals surface area contributed by atoms with Crippen LogP contribution in [0.5, 0.6) is 0 Å². The van der Waals surface area contributed by atoms with E-state index in [-0.39, 0.29) is 0 Å². The van der Waals surface area contributed by atoms with Crippen LogP contribution in [0.2, 0.25) is 0 Å². The normalized spacial score (nSPS) is 23.7. The molecule has 58 valence electrons. The van der Waals surface area contributed by atoms with Gasteiger partial charge in [0.1, 0.15) is 0 Å². The molecule has 0 saturated heterocycles. The topological polar surface area (TPSA) is 12.4 Å². The first-order valence-electron chi connectivity index (χ1n) is 3.93. The van der Waals surface area contributed by atoms with Gasteiger partial charge in [-0.25, -0.2) is 0 Å². The van der Waals surface area contributed by atoms with Crippen LogP contribution in [0, 0.1) is 5.92 Å². The fourth-order valence-corrected chi connectivity index (χ4v) is 2.09. The van der Waals surface area contributed by atoms with Crippen LogP contribution >= 0.6 is 11.3 Å². The minimum absolute atomic E-state index is 0.757. The van der Waals surface area contributed by atoms with Crippen molar-refractivity contribution < 1.29 is 0 Å². The smallest absolute Gasteiger partial charge is 0.0523 e. The summed E-state index contributed by atoms with van der Waals surface area (Å²) in [6, 6.07) is 4.24. The Balaban J connectivity index is 2.19. The predicted octanol–water partition coefficient (Wildman–Crippen LogP) is 2.58. The first-order chi connectivity index (χ1) is 5.36. The van der Waals surface area contributed by atoms with Gasteiger partial charge in [-0.05, 0) is 23.8 Å². The summed E-state index contributed by atoms with van der Waals surface area (Å²) in [7, 11) is 0. The van der Waals surface area contributed by atoms with Crippen LogP contribution in [0.4, 0.5) is 0 Å². The lowest BCUT2D eigenvalue weighted by molar-refractivity contribution is 0.664. The molecule has 2 heterocycles. The van der Waals surface area contributed by atoms with Gasteiger partial charge < -0.3 is 0 Å². The van der Waals surface area contributed by atoms with E-state index in [1.807, 2.05) is 0 Å². The van der Waals surface area contributed by atoms with Crippen molar-refractivity contribution in [1.29, 1.82) is 0 Å². The summed E-state index contributed by atoms with van der Waals surface area (Å²) in [6.07, 6.45) is 1.17. The Morgan fingerprint density at radius 1 is 1.64 bits per heavy atom. The van der Waals surface area contributed by atoms with Crippen molar-refractivity contribution in [1.82, 2.24) is 0 Å². The van der Waals surface area contributed by atoms with Crippen molar-refractivity contribution in [3.05, 3.63) is 22.4 Å². The van der Waals surface area contributed by atoms with Gasteiger partial charge in [-0.3, -0.25) is 4.99 Å². The van der Waals surface area contributed by atoms with Gasteiger partial charge in [0.15, 0.2) is 0 Å². The van der Waals surface area contributed by atoms with Crippen LogP contribution in [-0.4, -0.2) is 12.3 Å². The van der Waals surface area contributed by atoms with E-state index in [4.69, 9.17) is 0 Å². The maximum Gasteiger partial charge on any atom is 0.0523 e.